The van der Waals surface area contributed by atoms with Crippen LogP contribution in [-0.2, 0) is 13.1 Å². The van der Waals surface area contributed by atoms with E-state index >= 15 is 0 Å². The Kier molecular flexibility index (Phi) is 4.42. The molecule has 0 bridgehead atoms. The minimum absolute atomic E-state index is 0.184. The quantitative estimate of drug-likeness (QED) is 0.797. The molecule has 1 amide bonds. The van der Waals surface area contributed by atoms with E-state index in [1.807, 2.05) is 36.6 Å². The minimum atomic E-state index is -0.184. The average Bonchev–Trinajstić information content (AvgIpc) is 2.91. The van der Waals surface area contributed by atoms with E-state index in [1.54, 1.807) is 18.5 Å². The highest BCUT2D eigenvalue weighted by Gasteiger charge is 2.14. The molecule has 0 atom stereocenters. The van der Waals surface area contributed by atoms with E-state index < -0.39 is 0 Å². The molecule has 0 spiro atoms. The first-order chi connectivity index (χ1) is 10.0. The number of anilines is 2. The molecule has 0 fully saturated rings. The Balaban J connectivity index is 2.15. The lowest BCUT2D eigenvalue weighted by Crippen LogP contribution is -2.27. The van der Waals surface area contributed by atoms with Gasteiger partial charge in [0, 0.05) is 32.0 Å². The summed E-state index contributed by atoms with van der Waals surface area (Å²) in [6.07, 6.45) is 1.65. The fourth-order valence-corrected chi connectivity index (χ4v) is 2.06. The Bertz CT molecular complexity index is 634. The molecule has 0 aliphatic heterocycles. The fraction of sp³-hybridized carbons (Fsp3) is 0.357. The molecular weight excluding hydrogens is 268 g/mol. The Morgan fingerprint density at radius 3 is 2.86 bits per heavy atom. The van der Waals surface area contributed by atoms with Crippen molar-refractivity contribution in [3.05, 3.63) is 35.9 Å². The van der Waals surface area contributed by atoms with Crippen LogP contribution in [0.25, 0.3) is 0 Å². The van der Waals surface area contributed by atoms with Gasteiger partial charge in [0.2, 0.25) is 0 Å². The Hall–Kier alpha value is -2.57. The number of nitrogens with zero attached hydrogens (tertiary/aromatic N) is 4. The predicted molar refractivity (Wildman–Crippen MR) is 82.0 cm³/mol. The van der Waals surface area contributed by atoms with Crippen LogP contribution in [0.4, 0.5) is 11.4 Å². The summed E-state index contributed by atoms with van der Waals surface area (Å²) >= 11 is 0. The molecule has 0 aliphatic carbocycles. The molecule has 7 heteroatoms. The van der Waals surface area contributed by atoms with E-state index in [2.05, 4.69) is 15.5 Å². The second kappa shape index (κ2) is 6.25. The van der Waals surface area contributed by atoms with Crippen molar-refractivity contribution in [2.75, 3.05) is 24.7 Å². The number of aryl methyl sites for hydroxylation is 1. The molecule has 7 nitrogen and oxygen atoms in total. The molecule has 2 aromatic rings. The van der Waals surface area contributed by atoms with Gasteiger partial charge in [-0.3, -0.25) is 4.79 Å². The smallest absolute Gasteiger partial charge is 0.253 e. The third kappa shape index (κ3) is 3.31. The number of carbonyl (C=O) groups excluding carboxylic acids is 1. The van der Waals surface area contributed by atoms with Crippen molar-refractivity contribution in [3.8, 4) is 0 Å². The van der Waals surface area contributed by atoms with Crippen molar-refractivity contribution in [1.29, 1.82) is 0 Å². The van der Waals surface area contributed by atoms with Crippen molar-refractivity contribution < 1.29 is 4.79 Å². The van der Waals surface area contributed by atoms with Gasteiger partial charge in [0.15, 0.2) is 5.82 Å². The number of nitrogens with two attached hydrogens (primary N) is 1. The van der Waals surface area contributed by atoms with Crippen LogP contribution >= 0.6 is 0 Å². The van der Waals surface area contributed by atoms with Gasteiger partial charge in [-0.15, -0.1) is 10.2 Å². The summed E-state index contributed by atoms with van der Waals surface area (Å²) in [6.45, 7) is 3.09. The van der Waals surface area contributed by atoms with Crippen molar-refractivity contribution in [2.24, 2.45) is 0 Å². The zero-order valence-corrected chi connectivity index (χ0v) is 12.5. The number of nitrogens with one attached hydrogen (secondary N) is 1. The summed E-state index contributed by atoms with van der Waals surface area (Å²) in [5.74, 6) is 0.540. The summed E-state index contributed by atoms with van der Waals surface area (Å²) in [4.78, 5) is 14.2. The molecule has 1 aromatic heterocycles. The number of benzene rings is 1. The van der Waals surface area contributed by atoms with Crippen LogP contribution in [0.1, 0.15) is 23.1 Å². The van der Waals surface area contributed by atoms with Crippen LogP contribution in [0.2, 0.25) is 0 Å². The third-order valence-corrected chi connectivity index (χ3v) is 3.19. The topological polar surface area (TPSA) is 89.1 Å². The van der Waals surface area contributed by atoms with Crippen molar-refractivity contribution in [3.63, 3.8) is 0 Å². The maximum Gasteiger partial charge on any atom is 0.253 e. The minimum Gasteiger partial charge on any atom is -0.399 e. The van der Waals surface area contributed by atoms with Crippen LogP contribution in [0.15, 0.2) is 24.5 Å². The molecular formula is C14H20N6O. The van der Waals surface area contributed by atoms with Crippen LogP contribution in [-0.4, -0.2) is 34.8 Å². The molecule has 21 heavy (non-hydrogen) atoms. The SMILES string of the molecule is CCn1cnnc1CNC(=O)c1cc(N)ccc1N(C)C. The normalized spacial score (nSPS) is 10.4. The monoisotopic (exact) mass is 288 g/mol. The molecule has 0 radical (unpaired) electrons. The lowest BCUT2D eigenvalue weighted by molar-refractivity contribution is 0.0950. The van der Waals surface area contributed by atoms with Gasteiger partial charge in [0.25, 0.3) is 5.91 Å². The van der Waals surface area contributed by atoms with Crippen LogP contribution in [0.3, 0.4) is 0 Å². The molecule has 2 rings (SSSR count). The molecule has 0 saturated heterocycles. The van der Waals surface area contributed by atoms with Gasteiger partial charge in [0.05, 0.1) is 12.1 Å². The third-order valence-electron chi connectivity index (χ3n) is 3.19. The van der Waals surface area contributed by atoms with Crippen LogP contribution in [0, 0.1) is 0 Å². The lowest BCUT2D eigenvalue weighted by atomic mass is 10.1. The number of hydrogen-bond acceptors (Lipinski definition) is 5. The number of carbonyl (C=O) groups is 1. The molecule has 1 aromatic carbocycles. The van der Waals surface area contributed by atoms with Gasteiger partial charge in [-0.05, 0) is 25.1 Å². The summed E-state index contributed by atoms with van der Waals surface area (Å²) in [5.41, 5.74) is 7.70. The van der Waals surface area contributed by atoms with Gasteiger partial charge in [-0.1, -0.05) is 0 Å². The van der Waals surface area contributed by atoms with Gasteiger partial charge in [-0.25, -0.2) is 0 Å². The molecule has 112 valence electrons. The highest BCUT2D eigenvalue weighted by molar-refractivity contribution is 6.00. The first kappa shape index (κ1) is 14.8. The Morgan fingerprint density at radius 2 is 2.19 bits per heavy atom. The maximum absolute atomic E-state index is 12.4. The second-order valence-electron chi connectivity index (χ2n) is 4.89. The van der Waals surface area contributed by atoms with Crippen LogP contribution in [0.5, 0.6) is 0 Å². The largest absolute Gasteiger partial charge is 0.399 e. The van der Waals surface area contributed by atoms with Gasteiger partial charge in [0.1, 0.15) is 6.33 Å². The Morgan fingerprint density at radius 1 is 1.43 bits per heavy atom. The number of hydrogen-bond donors (Lipinski definition) is 2. The lowest BCUT2D eigenvalue weighted by Gasteiger charge is -2.17. The summed E-state index contributed by atoms with van der Waals surface area (Å²) < 4.78 is 1.88. The van der Waals surface area contributed by atoms with Gasteiger partial charge < -0.3 is 20.5 Å². The standard InChI is InChI=1S/C14H20N6O/c1-4-20-9-17-18-13(20)8-16-14(21)11-7-10(15)5-6-12(11)19(2)3/h5-7,9H,4,8,15H2,1-3H3,(H,16,21). The number of rotatable bonds is 5. The van der Waals surface area contributed by atoms with E-state index in [9.17, 15) is 4.79 Å². The average molecular weight is 288 g/mol. The zero-order valence-electron chi connectivity index (χ0n) is 12.5. The van der Waals surface area contributed by atoms with Crippen molar-refractivity contribution in [2.45, 2.75) is 20.0 Å². The summed E-state index contributed by atoms with van der Waals surface area (Å²) in [5, 5.41) is 10.7. The van der Waals surface area contributed by atoms with Gasteiger partial charge in [-0.2, -0.15) is 0 Å². The number of aromatic nitrogens is 3. The zero-order chi connectivity index (χ0) is 15.4. The van der Waals surface area contributed by atoms with Crippen LogP contribution < -0.4 is 16.0 Å². The molecule has 3 N–H and O–H groups in total. The molecule has 0 aliphatic rings. The summed E-state index contributed by atoms with van der Waals surface area (Å²) in [7, 11) is 3.77. The van der Waals surface area contributed by atoms with E-state index in [4.69, 9.17) is 5.73 Å². The Labute approximate surface area is 123 Å². The fourth-order valence-electron chi connectivity index (χ4n) is 2.06. The van der Waals surface area contributed by atoms with E-state index in [0.717, 1.165) is 18.1 Å². The van der Waals surface area contributed by atoms with Crippen molar-refractivity contribution >= 4 is 17.3 Å². The highest BCUT2D eigenvalue weighted by Crippen LogP contribution is 2.21. The summed E-state index contributed by atoms with van der Waals surface area (Å²) in [6, 6.07) is 5.29. The predicted octanol–water partition coefficient (Wildman–Crippen LogP) is 0.876. The van der Waals surface area contributed by atoms with Crippen molar-refractivity contribution in [1.82, 2.24) is 20.1 Å². The van der Waals surface area contributed by atoms with E-state index in [0.29, 0.717) is 17.8 Å². The molecule has 0 unspecified atom stereocenters. The van der Waals surface area contributed by atoms with Gasteiger partial charge >= 0.3 is 0 Å². The first-order valence-corrected chi connectivity index (χ1v) is 6.74. The number of nitrogen functional groups attached to an aromatic ring is 1. The highest BCUT2D eigenvalue weighted by atomic mass is 16.1. The first-order valence-electron chi connectivity index (χ1n) is 6.74. The molecule has 1 heterocycles. The van der Waals surface area contributed by atoms with E-state index in [-0.39, 0.29) is 5.91 Å². The molecule has 0 saturated carbocycles. The second-order valence-corrected chi connectivity index (χ2v) is 4.89. The number of amides is 1. The maximum atomic E-state index is 12.4. The van der Waals surface area contributed by atoms with E-state index in [1.165, 1.54) is 0 Å².